The van der Waals surface area contributed by atoms with Crippen LogP contribution in [0.25, 0.3) is 5.65 Å². The van der Waals surface area contributed by atoms with Crippen molar-refractivity contribution in [3.63, 3.8) is 0 Å². The molecule has 2 N–H and O–H groups in total. The Kier molecular flexibility index (Phi) is 6.51. The van der Waals surface area contributed by atoms with Crippen LogP contribution in [0.3, 0.4) is 0 Å². The van der Waals surface area contributed by atoms with Gasteiger partial charge in [0.2, 0.25) is 0 Å². The number of hydrogen-bond donors (Lipinski definition) is 2. The van der Waals surface area contributed by atoms with Crippen LogP contribution in [0.15, 0.2) is 53.6 Å². The van der Waals surface area contributed by atoms with Crippen LogP contribution < -0.4 is 20.9 Å². The first-order valence-corrected chi connectivity index (χ1v) is 9.31. The van der Waals surface area contributed by atoms with Gasteiger partial charge in [0.05, 0.1) is 13.3 Å². The molecule has 0 radical (unpaired) electrons. The fourth-order valence-electron chi connectivity index (χ4n) is 3.59. The first-order chi connectivity index (χ1) is 13.7. The number of benzene rings is 1. The molecule has 0 spiro atoms. The zero-order valence-electron chi connectivity index (χ0n) is 16.1. The highest BCUT2D eigenvalue weighted by Gasteiger charge is 2.19. The van der Waals surface area contributed by atoms with Gasteiger partial charge in [0.1, 0.15) is 17.1 Å². The zero-order valence-corrected chi connectivity index (χ0v) is 16.9. The fourth-order valence-corrected chi connectivity index (χ4v) is 3.59. The van der Waals surface area contributed by atoms with Gasteiger partial charge in [-0.2, -0.15) is 0 Å². The minimum absolute atomic E-state index is 0. The normalized spacial score (nSPS) is 15.7. The molecule has 4 rings (SSSR count). The smallest absolute Gasteiger partial charge is 0.281 e. The van der Waals surface area contributed by atoms with E-state index in [1.54, 1.807) is 43.6 Å². The van der Waals surface area contributed by atoms with Crippen molar-refractivity contribution in [2.24, 2.45) is 5.92 Å². The number of rotatable bonds is 5. The highest BCUT2D eigenvalue weighted by atomic mass is 35.5. The van der Waals surface area contributed by atoms with Gasteiger partial charge in [-0.3, -0.25) is 14.0 Å². The molecule has 1 fully saturated rings. The molecule has 3 aromatic rings. The number of carbonyl (C=O) groups excluding carboxylic acids is 1. The summed E-state index contributed by atoms with van der Waals surface area (Å²) in [4.78, 5) is 29.5. The number of nitrogens with zero attached hydrogens (tertiary/aromatic N) is 2. The van der Waals surface area contributed by atoms with E-state index in [4.69, 9.17) is 4.74 Å². The van der Waals surface area contributed by atoms with Crippen LogP contribution in [0.4, 0.5) is 5.69 Å². The van der Waals surface area contributed by atoms with Gasteiger partial charge in [-0.25, -0.2) is 4.98 Å². The third-order valence-corrected chi connectivity index (χ3v) is 5.08. The number of anilines is 1. The van der Waals surface area contributed by atoms with Crippen molar-refractivity contribution < 1.29 is 9.53 Å². The van der Waals surface area contributed by atoms with E-state index in [9.17, 15) is 9.59 Å². The zero-order chi connectivity index (χ0) is 19.5. The van der Waals surface area contributed by atoms with E-state index in [0.29, 0.717) is 17.1 Å². The number of methoxy groups -OCH3 is 1. The Morgan fingerprint density at radius 1 is 1.34 bits per heavy atom. The van der Waals surface area contributed by atoms with Crippen molar-refractivity contribution in [3.8, 4) is 5.75 Å². The quantitative estimate of drug-likeness (QED) is 0.670. The summed E-state index contributed by atoms with van der Waals surface area (Å²) in [7, 11) is 1.63. The van der Waals surface area contributed by atoms with Gasteiger partial charge in [0.25, 0.3) is 11.5 Å². The lowest BCUT2D eigenvalue weighted by molar-refractivity contribution is 0.102. The maximum Gasteiger partial charge on any atom is 0.281 e. The van der Waals surface area contributed by atoms with Crippen molar-refractivity contribution >= 4 is 29.6 Å². The van der Waals surface area contributed by atoms with Crippen LogP contribution in [-0.4, -0.2) is 35.5 Å². The summed E-state index contributed by atoms with van der Waals surface area (Å²) in [5.41, 5.74) is 1.84. The monoisotopic (exact) mass is 414 g/mol. The molecule has 0 saturated carbocycles. The Bertz CT molecular complexity index is 1080. The predicted octanol–water partition coefficient (Wildman–Crippen LogP) is 2.53. The van der Waals surface area contributed by atoms with E-state index in [1.165, 1.54) is 10.6 Å². The average Bonchev–Trinajstić information content (AvgIpc) is 3.23. The van der Waals surface area contributed by atoms with Crippen LogP contribution in [0, 0.1) is 5.92 Å². The molecule has 2 aromatic heterocycles. The van der Waals surface area contributed by atoms with Crippen LogP contribution in [0.2, 0.25) is 0 Å². The number of halogens is 1. The molecule has 0 bridgehead atoms. The standard InChI is InChI=1S/C21H22N4O3.ClH/c1-28-18-6-5-15(11-16(18)10-14-7-8-22-12-14)20(26)24-17-13-23-19-4-2-3-9-25(19)21(17)27;/h2-6,9,11,13-14,22H,7-8,10,12H2,1H3,(H,24,26);1H. The number of aromatic nitrogens is 2. The molecule has 7 nitrogen and oxygen atoms in total. The van der Waals surface area contributed by atoms with Crippen molar-refractivity contribution in [1.82, 2.24) is 14.7 Å². The molecule has 29 heavy (non-hydrogen) atoms. The second-order valence-corrected chi connectivity index (χ2v) is 6.95. The van der Waals surface area contributed by atoms with Gasteiger partial charge < -0.3 is 15.4 Å². The first kappa shape index (κ1) is 20.8. The Balaban J connectivity index is 0.00000240. The summed E-state index contributed by atoms with van der Waals surface area (Å²) >= 11 is 0. The fraction of sp³-hybridized carbons (Fsp3) is 0.286. The number of nitrogens with one attached hydrogen (secondary N) is 2. The highest BCUT2D eigenvalue weighted by molar-refractivity contribution is 6.04. The number of amides is 1. The van der Waals surface area contributed by atoms with E-state index in [2.05, 4.69) is 15.6 Å². The highest BCUT2D eigenvalue weighted by Crippen LogP contribution is 2.25. The molecule has 1 aliphatic heterocycles. The van der Waals surface area contributed by atoms with Gasteiger partial charge in [0, 0.05) is 11.8 Å². The van der Waals surface area contributed by atoms with E-state index in [0.717, 1.165) is 37.2 Å². The van der Waals surface area contributed by atoms with Gasteiger partial charge in [-0.05, 0) is 67.7 Å². The Labute approximate surface area is 174 Å². The third-order valence-electron chi connectivity index (χ3n) is 5.08. The first-order valence-electron chi connectivity index (χ1n) is 9.31. The van der Waals surface area contributed by atoms with Crippen molar-refractivity contribution in [2.75, 3.05) is 25.5 Å². The lowest BCUT2D eigenvalue weighted by Crippen LogP contribution is -2.23. The molecule has 1 aromatic carbocycles. The molecule has 1 atom stereocenters. The molecule has 1 saturated heterocycles. The Morgan fingerprint density at radius 2 is 2.21 bits per heavy atom. The lowest BCUT2D eigenvalue weighted by Gasteiger charge is -2.14. The number of hydrogen-bond acceptors (Lipinski definition) is 5. The minimum atomic E-state index is -0.344. The van der Waals surface area contributed by atoms with Crippen molar-refractivity contribution in [2.45, 2.75) is 12.8 Å². The van der Waals surface area contributed by atoms with Gasteiger partial charge in [0.15, 0.2) is 0 Å². The van der Waals surface area contributed by atoms with Gasteiger partial charge in [-0.1, -0.05) is 6.07 Å². The largest absolute Gasteiger partial charge is 0.496 e. The van der Waals surface area contributed by atoms with Crippen LogP contribution in [0.5, 0.6) is 5.75 Å². The van der Waals surface area contributed by atoms with E-state index in [1.807, 2.05) is 6.07 Å². The molecular formula is C21H23ClN4O3. The summed E-state index contributed by atoms with van der Waals surface area (Å²) in [5, 5.41) is 6.05. The summed E-state index contributed by atoms with van der Waals surface area (Å²) in [6, 6.07) is 10.6. The van der Waals surface area contributed by atoms with E-state index >= 15 is 0 Å². The molecule has 1 aliphatic rings. The lowest BCUT2D eigenvalue weighted by atomic mass is 9.96. The van der Waals surface area contributed by atoms with E-state index in [-0.39, 0.29) is 29.6 Å². The molecular weight excluding hydrogens is 392 g/mol. The SMILES string of the molecule is COc1ccc(C(=O)Nc2cnc3ccccn3c2=O)cc1CC1CCNC1.Cl. The topological polar surface area (TPSA) is 84.7 Å². The summed E-state index contributed by atoms with van der Waals surface area (Å²) in [5.74, 6) is 0.959. The Morgan fingerprint density at radius 3 is 2.97 bits per heavy atom. The Hall–Kier alpha value is -2.90. The van der Waals surface area contributed by atoms with Crippen LogP contribution in [-0.2, 0) is 6.42 Å². The summed E-state index contributed by atoms with van der Waals surface area (Å²) in [6.45, 7) is 1.99. The molecule has 1 amide bonds. The second-order valence-electron chi connectivity index (χ2n) is 6.95. The van der Waals surface area contributed by atoms with Gasteiger partial charge >= 0.3 is 0 Å². The average molecular weight is 415 g/mol. The van der Waals surface area contributed by atoms with Gasteiger partial charge in [-0.15, -0.1) is 12.4 Å². The number of fused-ring (bicyclic) bond motifs is 1. The van der Waals surface area contributed by atoms with Crippen LogP contribution in [0.1, 0.15) is 22.3 Å². The predicted molar refractivity (Wildman–Crippen MR) is 114 cm³/mol. The molecule has 1 unspecified atom stereocenters. The maximum atomic E-state index is 12.8. The van der Waals surface area contributed by atoms with Crippen LogP contribution >= 0.6 is 12.4 Å². The van der Waals surface area contributed by atoms with Crippen molar-refractivity contribution in [3.05, 3.63) is 70.3 Å². The number of carbonyl (C=O) groups is 1. The number of pyridine rings is 1. The number of ether oxygens (including phenoxy) is 1. The van der Waals surface area contributed by atoms with Crippen molar-refractivity contribution in [1.29, 1.82) is 0 Å². The molecule has 3 heterocycles. The molecule has 0 aliphatic carbocycles. The summed E-state index contributed by atoms with van der Waals surface area (Å²) in [6.07, 6.45) is 4.97. The minimum Gasteiger partial charge on any atom is -0.496 e. The van der Waals surface area contributed by atoms with E-state index < -0.39 is 0 Å². The third kappa shape index (κ3) is 4.41. The molecule has 8 heteroatoms. The molecule has 152 valence electrons. The second kappa shape index (κ2) is 9.07. The summed E-state index contributed by atoms with van der Waals surface area (Å²) < 4.78 is 6.87. The maximum absolute atomic E-state index is 12.8.